The van der Waals surface area contributed by atoms with Gasteiger partial charge in [-0.15, -0.1) is 0 Å². The molecule has 0 aliphatic rings. The van der Waals surface area contributed by atoms with Gasteiger partial charge in [0.1, 0.15) is 11.4 Å². The third kappa shape index (κ3) is 2.91. The second kappa shape index (κ2) is 6.42. The highest BCUT2D eigenvalue weighted by Gasteiger charge is 2.19. The minimum Gasteiger partial charge on any atom is -0.368 e. The zero-order valence-corrected chi connectivity index (χ0v) is 15.3. The third-order valence-corrected chi connectivity index (χ3v) is 4.48. The van der Waals surface area contributed by atoms with E-state index in [0.717, 1.165) is 16.6 Å². The largest absolute Gasteiger partial charge is 0.368 e. The summed E-state index contributed by atoms with van der Waals surface area (Å²) in [6, 6.07) is 10.8. The highest BCUT2D eigenvalue weighted by molar-refractivity contribution is 5.87. The van der Waals surface area contributed by atoms with Crippen molar-refractivity contribution in [2.45, 2.75) is 19.8 Å². The third-order valence-electron chi connectivity index (χ3n) is 4.48. The number of nitrogen functional groups attached to an aromatic ring is 1. The molecule has 0 aliphatic heterocycles. The van der Waals surface area contributed by atoms with Crippen molar-refractivity contribution < 1.29 is 4.39 Å². The van der Waals surface area contributed by atoms with E-state index in [1.165, 1.54) is 0 Å². The lowest BCUT2D eigenvalue weighted by molar-refractivity contribution is 0.622. The number of nitrogens with two attached hydrogens (primary N) is 1. The maximum Gasteiger partial charge on any atom is 0.221 e. The van der Waals surface area contributed by atoms with Gasteiger partial charge in [-0.25, -0.2) is 14.4 Å². The summed E-state index contributed by atoms with van der Waals surface area (Å²) in [7, 11) is 1.91. The molecular weight excluding hydrogens is 343 g/mol. The Morgan fingerprint density at radius 3 is 2.56 bits per heavy atom. The van der Waals surface area contributed by atoms with Gasteiger partial charge in [-0.2, -0.15) is 5.10 Å². The predicted molar refractivity (Wildman–Crippen MR) is 103 cm³/mol. The van der Waals surface area contributed by atoms with E-state index in [-0.39, 0.29) is 23.3 Å². The molecule has 0 atom stereocenters. The maximum absolute atomic E-state index is 15.2. The number of benzene rings is 1. The summed E-state index contributed by atoms with van der Waals surface area (Å²) in [5, 5.41) is 5.50. The van der Waals surface area contributed by atoms with Crippen molar-refractivity contribution in [3.63, 3.8) is 0 Å². The fourth-order valence-electron chi connectivity index (χ4n) is 3.38. The zero-order chi connectivity index (χ0) is 19.1. The molecule has 4 aromatic rings. The fraction of sp³-hybridized carbons (Fsp3) is 0.200. The molecule has 0 unspecified atom stereocenters. The number of rotatable bonds is 3. The Labute approximate surface area is 155 Å². The van der Waals surface area contributed by atoms with Crippen LogP contribution in [0.3, 0.4) is 0 Å². The van der Waals surface area contributed by atoms with Crippen molar-refractivity contribution in [3.05, 3.63) is 54.1 Å². The van der Waals surface area contributed by atoms with Gasteiger partial charge in [0, 0.05) is 29.9 Å². The molecule has 3 aromatic heterocycles. The molecule has 0 radical (unpaired) electrons. The molecule has 0 fully saturated rings. The van der Waals surface area contributed by atoms with Crippen LogP contribution in [0, 0.1) is 5.82 Å². The van der Waals surface area contributed by atoms with Crippen LogP contribution >= 0.6 is 0 Å². The number of nitrogens with zero attached hydrogens (tertiary/aromatic N) is 5. The van der Waals surface area contributed by atoms with E-state index in [2.05, 4.69) is 33.9 Å². The molecule has 6 nitrogen and oxygen atoms in total. The summed E-state index contributed by atoms with van der Waals surface area (Å²) in [6.45, 7) is 4.21. The van der Waals surface area contributed by atoms with E-state index in [4.69, 9.17) is 5.73 Å². The number of fused-ring (bicyclic) bond motifs is 1. The quantitative estimate of drug-likeness (QED) is 0.597. The summed E-state index contributed by atoms with van der Waals surface area (Å²) in [6.07, 6.45) is 1.59. The predicted octanol–water partition coefficient (Wildman–Crippen LogP) is 3.94. The van der Waals surface area contributed by atoms with Gasteiger partial charge in [0.15, 0.2) is 5.82 Å². The van der Waals surface area contributed by atoms with Gasteiger partial charge >= 0.3 is 0 Å². The maximum atomic E-state index is 15.2. The van der Waals surface area contributed by atoms with Crippen LogP contribution in [-0.4, -0.2) is 24.7 Å². The van der Waals surface area contributed by atoms with E-state index >= 15 is 4.39 Å². The average Bonchev–Trinajstić information content (AvgIpc) is 2.99. The first kappa shape index (κ1) is 17.1. The van der Waals surface area contributed by atoms with Crippen LogP contribution in [0.4, 0.5) is 10.3 Å². The van der Waals surface area contributed by atoms with Crippen molar-refractivity contribution in [2.24, 2.45) is 7.05 Å². The summed E-state index contributed by atoms with van der Waals surface area (Å²) < 4.78 is 17.1. The Kier molecular flexibility index (Phi) is 4.07. The summed E-state index contributed by atoms with van der Waals surface area (Å²) in [5.74, 6) is -0.265. The molecule has 0 spiro atoms. The first-order valence-electron chi connectivity index (χ1n) is 8.67. The second-order valence-corrected chi connectivity index (χ2v) is 6.70. The van der Waals surface area contributed by atoms with Gasteiger partial charge in [0.2, 0.25) is 5.95 Å². The number of hydrogen-bond acceptors (Lipinski definition) is 5. The van der Waals surface area contributed by atoms with Gasteiger partial charge < -0.3 is 5.73 Å². The lowest BCUT2D eigenvalue weighted by Crippen LogP contribution is -2.04. The lowest BCUT2D eigenvalue weighted by atomic mass is 10.0. The number of aromatic nitrogens is 5. The average molecular weight is 362 g/mol. The first-order valence-corrected chi connectivity index (χ1v) is 8.67. The van der Waals surface area contributed by atoms with Gasteiger partial charge in [-0.05, 0) is 30.2 Å². The van der Waals surface area contributed by atoms with Crippen molar-refractivity contribution in [3.8, 4) is 22.6 Å². The molecule has 0 bridgehead atoms. The minimum atomic E-state index is -0.544. The van der Waals surface area contributed by atoms with Crippen LogP contribution in [0.1, 0.15) is 25.5 Å². The SMILES string of the molecule is CC(C)c1c2cc(-c3nc(N)nc(-c4ccccn4)c3F)ccc2nn1C. The Bertz CT molecular complexity index is 1130. The van der Waals surface area contributed by atoms with E-state index in [1.807, 2.05) is 23.9 Å². The molecule has 0 amide bonds. The lowest BCUT2D eigenvalue weighted by Gasteiger charge is -2.09. The molecule has 0 saturated heterocycles. The highest BCUT2D eigenvalue weighted by Crippen LogP contribution is 2.32. The van der Waals surface area contributed by atoms with E-state index in [1.54, 1.807) is 30.5 Å². The van der Waals surface area contributed by atoms with Crippen molar-refractivity contribution in [1.82, 2.24) is 24.7 Å². The van der Waals surface area contributed by atoms with E-state index in [0.29, 0.717) is 11.3 Å². The van der Waals surface area contributed by atoms with Crippen molar-refractivity contribution in [2.75, 3.05) is 5.73 Å². The number of anilines is 1. The summed E-state index contributed by atoms with van der Waals surface area (Å²) in [4.78, 5) is 12.4. The normalized spacial score (nSPS) is 11.4. The van der Waals surface area contributed by atoms with Gasteiger partial charge in [0.05, 0.1) is 11.2 Å². The van der Waals surface area contributed by atoms with Crippen LogP contribution in [0.5, 0.6) is 0 Å². The van der Waals surface area contributed by atoms with Crippen LogP contribution in [0.15, 0.2) is 42.6 Å². The van der Waals surface area contributed by atoms with Crippen LogP contribution < -0.4 is 5.73 Å². The number of pyridine rings is 1. The molecule has 1 aromatic carbocycles. The van der Waals surface area contributed by atoms with Gasteiger partial charge in [-0.3, -0.25) is 9.67 Å². The summed E-state index contributed by atoms with van der Waals surface area (Å²) in [5.41, 5.74) is 9.09. The fourth-order valence-corrected chi connectivity index (χ4v) is 3.38. The Balaban J connectivity index is 1.94. The number of hydrogen-bond donors (Lipinski definition) is 1. The molecule has 0 saturated carbocycles. The molecule has 27 heavy (non-hydrogen) atoms. The van der Waals surface area contributed by atoms with Gasteiger partial charge in [0.25, 0.3) is 0 Å². The molecule has 3 heterocycles. The molecule has 4 rings (SSSR count). The van der Waals surface area contributed by atoms with Gasteiger partial charge in [-0.1, -0.05) is 26.0 Å². The number of aryl methyl sites for hydroxylation is 1. The molecule has 136 valence electrons. The molecule has 0 aliphatic carbocycles. The Hall–Kier alpha value is -3.35. The molecule has 2 N–H and O–H groups in total. The Morgan fingerprint density at radius 1 is 1.07 bits per heavy atom. The minimum absolute atomic E-state index is 0.00224. The molecule has 7 heteroatoms. The molecular formula is C20H19FN6. The van der Waals surface area contributed by atoms with Crippen LogP contribution in [0.2, 0.25) is 0 Å². The smallest absolute Gasteiger partial charge is 0.221 e. The zero-order valence-electron chi connectivity index (χ0n) is 15.3. The monoisotopic (exact) mass is 362 g/mol. The standard InChI is InChI=1S/C20H19FN6/c1-11(2)19-13-10-12(7-8-14(13)26-27(19)3)17-16(21)18(25-20(22)24-17)15-6-4-5-9-23-15/h4-11H,1-3H3,(H2,22,24,25). The highest BCUT2D eigenvalue weighted by atomic mass is 19.1. The van der Waals surface area contributed by atoms with E-state index < -0.39 is 5.82 Å². The van der Waals surface area contributed by atoms with Crippen molar-refractivity contribution in [1.29, 1.82) is 0 Å². The van der Waals surface area contributed by atoms with Crippen LogP contribution in [0.25, 0.3) is 33.5 Å². The topological polar surface area (TPSA) is 82.5 Å². The van der Waals surface area contributed by atoms with Crippen LogP contribution in [-0.2, 0) is 7.05 Å². The van der Waals surface area contributed by atoms with E-state index in [9.17, 15) is 0 Å². The number of halogens is 1. The Morgan fingerprint density at radius 2 is 1.85 bits per heavy atom. The second-order valence-electron chi connectivity index (χ2n) is 6.70. The summed E-state index contributed by atoms with van der Waals surface area (Å²) >= 11 is 0. The van der Waals surface area contributed by atoms with Crippen molar-refractivity contribution >= 4 is 16.9 Å². The first-order chi connectivity index (χ1) is 13.0.